The molecule has 0 heterocycles. The van der Waals surface area contributed by atoms with Gasteiger partial charge in [-0.2, -0.15) is 4.31 Å². The van der Waals surface area contributed by atoms with Crippen LogP contribution >= 0.6 is 0 Å². The highest BCUT2D eigenvalue weighted by molar-refractivity contribution is 7.89. The van der Waals surface area contributed by atoms with E-state index >= 15 is 0 Å². The van der Waals surface area contributed by atoms with Crippen LogP contribution in [-0.2, 0) is 19.6 Å². The number of carbonyl (C=O) groups is 3. The van der Waals surface area contributed by atoms with Crippen LogP contribution in [0.25, 0.3) is 0 Å². The molecule has 0 aliphatic rings. The maximum absolute atomic E-state index is 13.4. The molecule has 0 saturated carbocycles. The van der Waals surface area contributed by atoms with Crippen molar-refractivity contribution in [3.05, 3.63) is 60.2 Å². The average Bonchev–Trinajstić information content (AvgIpc) is 2.78. The third-order valence-electron chi connectivity index (χ3n) is 4.78. The van der Waals surface area contributed by atoms with Crippen LogP contribution in [0, 0.1) is 0 Å². The zero-order valence-corrected chi connectivity index (χ0v) is 20.7. The Morgan fingerprint density at radius 1 is 1.03 bits per heavy atom. The molecule has 0 aliphatic heterocycles. The largest absolute Gasteiger partial charge is 0.480 e. The zero-order valence-electron chi connectivity index (χ0n) is 19.9. The smallest absolute Gasteiger partial charge is 0.425 e. The van der Waals surface area contributed by atoms with E-state index < -0.39 is 33.7 Å². The Kier molecular flexibility index (Phi) is 9.38. The summed E-state index contributed by atoms with van der Waals surface area (Å²) < 4.78 is 32.4. The van der Waals surface area contributed by atoms with E-state index in [0.29, 0.717) is 30.6 Å². The lowest BCUT2D eigenvalue weighted by Crippen LogP contribution is -2.50. The Balaban J connectivity index is 2.37. The first kappa shape index (κ1) is 27.8. The van der Waals surface area contributed by atoms with Crippen molar-refractivity contribution in [2.24, 2.45) is 5.73 Å². The first-order chi connectivity index (χ1) is 16.4. The molecule has 190 valence electrons. The lowest BCUT2D eigenvalue weighted by Gasteiger charge is -2.30. The SMILES string of the molecule is CC(C)(C)OC(=O)N([C@H](CCCCN)C(=O)O)S(=O)(=O)c1ccc(NC(=O)c2ccccc2)cc1. The van der Waals surface area contributed by atoms with Crippen molar-refractivity contribution in [1.29, 1.82) is 0 Å². The van der Waals surface area contributed by atoms with Crippen LogP contribution < -0.4 is 11.1 Å². The van der Waals surface area contributed by atoms with Crippen molar-refractivity contribution in [2.75, 3.05) is 11.9 Å². The number of nitrogens with zero attached hydrogens (tertiary/aromatic N) is 1. The van der Waals surface area contributed by atoms with E-state index in [1.54, 1.807) is 51.1 Å². The van der Waals surface area contributed by atoms with Crippen molar-refractivity contribution in [3.8, 4) is 0 Å². The minimum Gasteiger partial charge on any atom is -0.480 e. The standard InChI is InChI=1S/C24H31N3O7S/c1-24(2,3)34-23(31)27(20(22(29)30)11-7-8-16-25)35(32,33)19-14-12-18(13-15-19)26-21(28)17-9-5-4-6-10-17/h4-6,9-10,12-15,20H,7-8,11,16,25H2,1-3H3,(H,26,28)(H,29,30)/t20-/m1/s1. The molecular weight excluding hydrogens is 474 g/mol. The number of benzene rings is 2. The van der Waals surface area contributed by atoms with E-state index in [2.05, 4.69) is 5.32 Å². The molecule has 2 aromatic carbocycles. The highest BCUT2D eigenvalue weighted by atomic mass is 32.2. The minimum absolute atomic E-state index is 0.129. The van der Waals surface area contributed by atoms with Crippen molar-refractivity contribution >= 4 is 33.7 Å². The molecule has 0 bridgehead atoms. The van der Waals surface area contributed by atoms with Gasteiger partial charge in [-0.25, -0.2) is 18.0 Å². The van der Waals surface area contributed by atoms with Gasteiger partial charge in [0.2, 0.25) is 0 Å². The second-order valence-electron chi connectivity index (χ2n) is 8.76. The predicted octanol–water partition coefficient (Wildman–Crippen LogP) is 3.45. The van der Waals surface area contributed by atoms with E-state index in [1.165, 1.54) is 24.3 Å². The van der Waals surface area contributed by atoms with Gasteiger partial charge in [0.25, 0.3) is 15.9 Å². The summed E-state index contributed by atoms with van der Waals surface area (Å²) in [5.41, 5.74) is 5.15. The number of carbonyl (C=O) groups excluding carboxylic acids is 2. The zero-order chi connectivity index (χ0) is 26.2. The van der Waals surface area contributed by atoms with Gasteiger partial charge in [-0.05, 0) is 83.0 Å². The van der Waals surface area contributed by atoms with E-state index in [-0.39, 0.29) is 21.5 Å². The van der Waals surface area contributed by atoms with E-state index in [4.69, 9.17) is 10.5 Å². The fourth-order valence-electron chi connectivity index (χ4n) is 3.14. The van der Waals surface area contributed by atoms with Gasteiger partial charge >= 0.3 is 12.1 Å². The molecule has 0 unspecified atom stereocenters. The number of unbranched alkanes of at least 4 members (excludes halogenated alkanes) is 1. The van der Waals surface area contributed by atoms with Crippen LogP contribution in [0.15, 0.2) is 59.5 Å². The number of hydrogen-bond acceptors (Lipinski definition) is 7. The molecule has 0 radical (unpaired) electrons. The molecule has 4 N–H and O–H groups in total. The summed E-state index contributed by atoms with van der Waals surface area (Å²) in [6.45, 7) is 4.93. The van der Waals surface area contributed by atoms with Gasteiger partial charge in [-0.15, -0.1) is 0 Å². The number of sulfonamides is 1. The van der Waals surface area contributed by atoms with Crippen molar-refractivity contribution < 1.29 is 32.6 Å². The second-order valence-corrected chi connectivity index (χ2v) is 10.6. The molecule has 0 aliphatic carbocycles. The van der Waals surface area contributed by atoms with Crippen molar-refractivity contribution in [3.63, 3.8) is 0 Å². The summed E-state index contributed by atoms with van der Waals surface area (Å²) in [6.07, 6.45) is -0.663. The number of rotatable bonds is 10. The summed E-state index contributed by atoms with van der Waals surface area (Å²) in [5.74, 6) is -1.87. The lowest BCUT2D eigenvalue weighted by atomic mass is 10.1. The maximum Gasteiger partial charge on any atom is 0.425 e. The van der Waals surface area contributed by atoms with Gasteiger partial charge in [0.15, 0.2) is 0 Å². The summed E-state index contributed by atoms with van der Waals surface area (Å²) in [4.78, 5) is 36.9. The van der Waals surface area contributed by atoms with Crippen molar-refractivity contribution in [2.45, 2.75) is 56.6 Å². The van der Waals surface area contributed by atoms with Gasteiger partial charge in [0.1, 0.15) is 11.6 Å². The highest BCUT2D eigenvalue weighted by Crippen LogP contribution is 2.25. The van der Waals surface area contributed by atoms with E-state index in [1.807, 2.05) is 0 Å². The van der Waals surface area contributed by atoms with Crippen LogP contribution in [-0.4, -0.2) is 54.0 Å². The Morgan fingerprint density at radius 3 is 2.14 bits per heavy atom. The van der Waals surface area contributed by atoms with Crippen molar-refractivity contribution in [1.82, 2.24) is 4.31 Å². The molecular formula is C24H31N3O7S. The predicted molar refractivity (Wildman–Crippen MR) is 130 cm³/mol. The van der Waals surface area contributed by atoms with Gasteiger partial charge in [0, 0.05) is 11.3 Å². The van der Waals surface area contributed by atoms with E-state index in [9.17, 15) is 27.9 Å². The molecule has 0 aromatic heterocycles. The number of anilines is 1. The van der Waals surface area contributed by atoms with Crippen LogP contribution in [0.1, 0.15) is 50.4 Å². The van der Waals surface area contributed by atoms with Crippen LogP contribution in [0.4, 0.5) is 10.5 Å². The number of nitrogens with one attached hydrogen (secondary N) is 1. The Hall–Kier alpha value is -3.44. The third-order valence-corrected chi connectivity index (χ3v) is 6.57. The van der Waals surface area contributed by atoms with Gasteiger partial charge in [0.05, 0.1) is 4.90 Å². The fraction of sp³-hybridized carbons (Fsp3) is 0.375. The molecule has 0 fully saturated rings. The number of amides is 2. The lowest BCUT2D eigenvalue weighted by molar-refractivity contribution is -0.141. The first-order valence-corrected chi connectivity index (χ1v) is 12.5. The summed E-state index contributed by atoms with van der Waals surface area (Å²) >= 11 is 0. The normalized spacial score (nSPS) is 12.5. The van der Waals surface area contributed by atoms with Gasteiger partial charge in [-0.1, -0.05) is 18.2 Å². The molecule has 0 spiro atoms. The molecule has 10 nitrogen and oxygen atoms in total. The monoisotopic (exact) mass is 505 g/mol. The molecule has 2 amide bonds. The van der Waals surface area contributed by atoms with E-state index in [0.717, 1.165) is 0 Å². The number of nitrogens with two attached hydrogens (primary N) is 1. The number of carboxylic acid groups (broad SMARTS) is 1. The highest BCUT2D eigenvalue weighted by Gasteiger charge is 2.42. The Bertz CT molecular complexity index is 1130. The summed E-state index contributed by atoms with van der Waals surface area (Å²) in [6, 6.07) is 11.8. The molecule has 11 heteroatoms. The molecule has 0 saturated heterocycles. The average molecular weight is 506 g/mol. The summed E-state index contributed by atoms with van der Waals surface area (Å²) in [5, 5.41) is 12.4. The minimum atomic E-state index is -4.62. The summed E-state index contributed by atoms with van der Waals surface area (Å²) in [7, 11) is -4.62. The number of carboxylic acids is 1. The van der Waals surface area contributed by atoms with Crippen LogP contribution in [0.2, 0.25) is 0 Å². The third kappa shape index (κ3) is 7.79. The first-order valence-electron chi connectivity index (χ1n) is 11.0. The van der Waals surface area contributed by atoms with Gasteiger partial charge in [-0.3, -0.25) is 4.79 Å². The molecule has 35 heavy (non-hydrogen) atoms. The Labute approximate surface area is 205 Å². The molecule has 2 aromatic rings. The van der Waals surface area contributed by atoms with Gasteiger partial charge < -0.3 is 20.9 Å². The number of ether oxygens (including phenoxy) is 1. The Morgan fingerprint density at radius 2 is 1.63 bits per heavy atom. The second kappa shape index (κ2) is 11.8. The maximum atomic E-state index is 13.4. The molecule has 2 rings (SSSR count). The number of hydrogen-bond donors (Lipinski definition) is 3. The van der Waals surface area contributed by atoms with Crippen LogP contribution in [0.3, 0.4) is 0 Å². The molecule has 1 atom stereocenters. The van der Waals surface area contributed by atoms with Crippen LogP contribution in [0.5, 0.6) is 0 Å². The quantitative estimate of drug-likeness (QED) is 0.415. The number of aliphatic carboxylic acids is 1. The topological polar surface area (TPSA) is 156 Å². The fourth-order valence-corrected chi connectivity index (χ4v) is 4.61.